The molecule has 0 atom stereocenters. The Bertz CT molecular complexity index is 492. The zero-order chi connectivity index (χ0) is 14.4. The third-order valence-electron chi connectivity index (χ3n) is 2.84. The first-order valence-corrected chi connectivity index (χ1v) is 6.12. The average molecular weight is 261 g/mol. The Morgan fingerprint density at radius 3 is 2.74 bits per heavy atom. The van der Waals surface area contributed by atoms with Gasteiger partial charge in [0.25, 0.3) is 5.91 Å². The van der Waals surface area contributed by atoms with E-state index in [4.69, 9.17) is 15.7 Å². The number of nitriles is 1. The third kappa shape index (κ3) is 3.62. The minimum absolute atomic E-state index is 0.00597. The molecule has 5 nitrogen and oxygen atoms in total. The van der Waals surface area contributed by atoms with Crippen molar-refractivity contribution >= 4 is 11.6 Å². The minimum atomic E-state index is -0.179. The molecule has 0 aliphatic carbocycles. The number of carbonyl (C=O) groups excluding carboxylic acids is 1. The highest BCUT2D eigenvalue weighted by molar-refractivity contribution is 5.99. The second-order valence-corrected chi connectivity index (χ2v) is 4.45. The van der Waals surface area contributed by atoms with Crippen molar-refractivity contribution in [1.82, 2.24) is 4.90 Å². The predicted molar refractivity (Wildman–Crippen MR) is 73.8 cm³/mol. The molecule has 1 aromatic carbocycles. The molecule has 0 heterocycles. The van der Waals surface area contributed by atoms with Gasteiger partial charge in [0, 0.05) is 18.3 Å². The standard InChI is InChI=1S/C14H19N3O2/c1-10(2)17(8-4-7-15)14(18)12-9-11(19-3)5-6-13(12)16/h5-6,9-10H,4,8,16H2,1-3H3. The van der Waals surface area contributed by atoms with Crippen molar-refractivity contribution < 1.29 is 9.53 Å². The van der Waals surface area contributed by atoms with Crippen LogP contribution in [0.2, 0.25) is 0 Å². The van der Waals surface area contributed by atoms with E-state index in [9.17, 15) is 4.79 Å². The van der Waals surface area contributed by atoms with Gasteiger partial charge in [-0.15, -0.1) is 0 Å². The summed E-state index contributed by atoms with van der Waals surface area (Å²) in [7, 11) is 1.54. The maximum absolute atomic E-state index is 12.5. The maximum atomic E-state index is 12.5. The molecular weight excluding hydrogens is 242 g/mol. The predicted octanol–water partition coefficient (Wildman–Crippen LogP) is 2.04. The van der Waals surface area contributed by atoms with Gasteiger partial charge in [-0.05, 0) is 32.0 Å². The largest absolute Gasteiger partial charge is 0.497 e. The molecule has 0 aliphatic rings. The number of nitrogens with zero attached hydrogens (tertiary/aromatic N) is 2. The Morgan fingerprint density at radius 1 is 1.53 bits per heavy atom. The first-order chi connectivity index (χ1) is 9.01. The van der Waals surface area contributed by atoms with E-state index >= 15 is 0 Å². The van der Waals surface area contributed by atoms with Gasteiger partial charge in [0.05, 0.1) is 25.2 Å². The molecule has 19 heavy (non-hydrogen) atoms. The first kappa shape index (κ1) is 14.8. The highest BCUT2D eigenvalue weighted by Gasteiger charge is 2.20. The number of nitrogen functional groups attached to an aromatic ring is 1. The molecule has 1 amide bonds. The number of benzene rings is 1. The van der Waals surface area contributed by atoms with Crippen LogP contribution in [0.25, 0.3) is 0 Å². The Morgan fingerprint density at radius 2 is 2.21 bits per heavy atom. The van der Waals surface area contributed by atoms with Crippen LogP contribution in [0.15, 0.2) is 18.2 Å². The molecule has 2 N–H and O–H groups in total. The number of ether oxygens (including phenoxy) is 1. The molecule has 0 fully saturated rings. The van der Waals surface area contributed by atoms with E-state index in [-0.39, 0.29) is 11.9 Å². The lowest BCUT2D eigenvalue weighted by Crippen LogP contribution is -2.38. The van der Waals surface area contributed by atoms with Gasteiger partial charge in [0.1, 0.15) is 5.75 Å². The molecule has 0 spiro atoms. The van der Waals surface area contributed by atoms with E-state index in [1.165, 1.54) is 7.11 Å². The molecule has 1 rings (SSSR count). The molecule has 0 radical (unpaired) electrons. The van der Waals surface area contributed by atoms with Crippen LogP contribution in [0.4, 0.5) is 5.69 Å². The SMILES string of the molecule is COc1ccc(N)c(C(=O)N(CCC#N)C(C)C)c1. The monoisotopic (exact) mass is 261 g/mol. The number of hydrogen-bond acceptors (Lipinski definition) is 4. The third-order valence-corrected chi connectivity index (χ3v) is 2.84. The van der Waals surface area contributed by atoms with E-state index < -0.39 is 0 Å². The van der Waals surface area contributed by atoms with Crippen LogP contribution in [0.1, 0.15) is 30.6 Å². The van der Waals surface area contributed by atoms with Crippen LogP contribution < -0.4 is 10.5 Å². The Balaban J connectivity index is 3.05. The van der Waals surface area contributed by atoms with E-state index in [0.29, 0.717) is 30.0 Å². The van der Waals surface area contributed by atoms with Gasteiger partial charge in [-0.2, -0.15) is 5.26 Å². The summed E-state index contributed by atoms with van der Waals surface area (Å²) >= 11 is 0. The summed E-state index contributed by atoms with van der Waals surface area (Å²) in [6.07, 6.45) is 0.299. The lowest BCUT2D eigenvalue weighted by molar-refractivity contribution is 0.0711. The van der Waals surface area contributed by atoms with Gasteiger partial charge >= 0.3 is 0 Å². The van der Waals surface area contributed by atoms with Gasteiger partial charge in [0.2, 0.25) is 0 Å². The molecule has 0 saturated heterocycles. The van der Waals surface area contributed by atoms with Crippen molar-refractivity contribution in [1.29, 1.82) is 5.26 Å². The van der Waals surface area contributed by atoms with Gasteiger partial charge in [-0.3, -0.25) is 4.79 Å². The topological polar surface area (TPSA) is 79.3 Å². The van der Waals surface area contributed by atoms with Crippen LogP contribution in [-0.4, -0.2) is 30.5 Å². The smallest absolute Gasteiger partial charge is 0.256 e. The number of amides is 1. The summed E-state index contributed by atoms with van der Waals surface area (Å²) in [5.41, 5.74) is 6.66. The fraction of sp³-hybridized carbons (Fsp3) is 0.429. The van der Waals surface area contributed by atoms with E-state index in [1.54, 1.807) is 23.1 Å². The molecule has 0 saturated carbocycles. The number of methoxy groups -OCH3 is 1. The molecule has 0 aromatic heterocycles. The molecule has 5 heteroatoms. The van der Waals surface area contributed by atoms with Crippen LogP contribution >= 0.6 is 0 Å². The highest BCUT2D eigenvalue weighted by Crippen LogP contribution is 2.22. The Hall–Kier alpha value is -2.22. The Kier molecular flexibility index (Phi) is 5.19. The molecule has 0 unspecified atom stereocenters. The van der Waals surface area contributed by atoms with Gasteiger partial charge in [-0.1, -0.05) is 0 Å². The van der Waals surface area contributed by atoms with Crippen LogP contribution in [0, 0.1) is 11.3 Å². The van der Waals surface area contributed by atoms with E-state index in [0.717, 1.165) is 0 Å². The summed E-state index contributed by atoms with van der Waals surface area (Å²) in [5, 5.41) is 8.65. The minimum Gasteiger partial charge on any atom is -0.497 e. The molecule has 0 aliphatic heterocycles. The quantitative estimate of drug-likeness (QED) is 0.822. The average Bonchev–Trinajstić information content (AvgIpc) is 2.39. The summed E-state index contributed by atoms with van der Waals surface area (Å²) in [6, 6.07) is 7.03. The molecule has 1 aromatic rings. The Labute approximate surface area is 113 Å². The number of anilines is 1. The highest BCUT2D eigenvalue weighted by atomic mass is 16.5. The number of hydrogen-bond donors (Lipinski definition) is 1. The maximum Gasteiger partial charge on any atom is 0.256 e. The van der Waals surface area contributed by atoms with Crippen molar-refractivity contribution in [3.8, 4) is 11.8 Å². The second kappa shape index (κ2) is 6.64. The van der Waals surface area contributed by atoms with Crippen LogP contribution in [-0.2, 0) is 0 Å². The van der Waals surface area contributed by atoms with Crippen LogP contribution in [0.3, 0.4) is 0 Å². The lowest BCUT2D eigenvalue weighted by Gasteiger charge is -2.26. The van der Waals surface area contributed by atoms with Gasteiger partial charge < -0.3 is 15.4 Å². The van der Waals surface area contributed by atoms with Gasteiger partial charge in [0.15, 0.2) is 0 Å². The van der Waals surface area contributed by atoms with Crippen molar-refractivity contribution in [2.45, 2.75) is 26.3 Å². The zero-order valence-corrected chi connectivity index (χ0v) is 11.5. The molecular formula is C14H19N3O2. The second-order valence-electron chi connectivity index (χ2n) is 4.45. The summed E-state index contributed by atoms with van der Waals surface area (Å²) < 4.78 is 5.10. The fourth-order valence-corrected chi connectivity index (χ4v) is 1.77. The van der Waals surface area contributed by atoms with Crippen molar-refractivity contribution in [3.05, 3.63) is 23.8 Å². The number of nitrogens with two attached hydrogens (primary N) is 1. The normalized spacial score (nSPS) is 10.1. The van der Waals surface area contributed by atoms with Crippen LogP contribution in [0.5, 0.6) is 5.75 Å². The summed E-state index contributed by atoms with van der Waals surface area (Å²) in [4.78, 5) is 14.1. The zero-order valence-electron chi connectivity index (χ0n) is 11.5. The molecule has 0 bridgehead atoms. The van der Waals surface area contributed by atoms with Crippen molar-refractivity contribution in [2.24, 2.45) is 0 Å². The van der Waals surface area contributed by atoms with Crippen molar-refractivity contribution in [3.63, 3.8) is 0 Å². The fourth-order valence-electron chi connectivity index (χ4n) is 1.77. The first-order valence-electron chi connectivity index (χ1n) is 6.12. The summed E-state index contributed by atoms with van der Waals surface area (Å²) in [5.74, 6) is 0.406. The summed E-state index contributed by atoms with van der Waals surface area (Å²) in [6.45, 7) is 4.21. The van der Waals surface area contributed by atoms with Gasteiger partial charge in [-0.25, -0.2) is 0 Å². The van der Waals surface area contributed by atoms with E-state index in [2.05, 4.69) is 0 Å². The number of carbonyl (C=O) groups is 1. The van der Waals surface area contributed by atoms with Crippen molar-refractivity contribution in [2.75, 3.05) is 19.4 Å². The van der Waals surface area contributed by atoms with E-state index in [1.807, 2.05) is 19.9 Å². The lowest BCUT2D eigenvalue weighted by atomic mass is 10.1. The molecule has 102 valence electrons. The number of rotatable bonds is 5.